The van der Waals surface area contributed by atoms with Gasteiger partial charge in [0, 0.05) is 19.7 Å². The van der Waals surface area contributed by atoms with Crippen molar-refractivity contribution in [3.05, 3.63) is 46.7 Å². The molecule has 1 atom stereocenters. The first-order valence-corrected chi connectivity index (χ1v) is 8.90. The van der Waals surface area contributed by atoms with Crippen LogP contribution in [0.15, 0.2) is 46.1 Å². The second-order valence-electron chi connectivity index (χ2n) is 5.37. The van der Waals surface area contributed by atoms with Gasteiger partial charge in [-0.25, -0.2) is 0 Å². The summed E-state index contributed by atoms with van der Waals surface area (Å²) in [6, 6.07) is 9.75. The molecular weight excluding hydrogens is 449 g/mol. The zero-order valence-corrected chi connectivity index (χ0v) is 18.0. The number of ether oxygens (including phenoxy) is 2. The summed E-state index contributed by atoms with van der Waals surface area (Å²) < 4.78 is 10.9. The summed E-state index contributed by atoms with van der Waals surface area (Å²) in [4.78, 5) is 4.23. The van der Waals surface area contributed by atoms with Gasteiger partial charge >= 0.3 is 0 Å². The molecule has 1 aromatic carbocycles. The molecule has 7 heteroatoms. The Hall–Kier alpha value is -1.48. The summed E-state index contributed by atoms with van der Waals surface area (Å²) in [6.45, 7) is 4.26. The van der Waals surface area contributed by atoms with Crippen molar-refractivity contribution < 1.29 is 9.47 Å². The number of halogens is 1. The Bertz CT molecular complexity index is 635. The highest BCUT2D eigenvalue weighted by Gasteiger charge is 2.06. The minimum atomic E-state index is 0. The summed E-state index contributed by atoms with van der Waals surface area (Å²) in [5.41, 5.74) is 1.35. The van der Waals surface area contributed by atoms with Crippen LogP contribution in [0, 0.1) is 0 Å². The molecule has 0 bridgehead atoms. The number of aliphatic imine (C=N–C) groups is 1. The van der Waals surface area contributed by atoms with Crippen LogP contribution in [0.4, 0.5) is 0 Å². The maximum Gasteiger partial charge on any atom is 0.191 e. The molecule has 0 radical (unpaired) electrons. The zero-order valence-electron chi connectivity index (χ0n) is 14.8. The maximum absolute atomic E-state index is 5.70. The van der Waals surface area contributed by atoms with Gasteiger partial charge < -0.3 is 20.1 Å². The van der Waals surface area contributed by atoms with E-state index in [1.165, 1.54) is 5.56 Å². The number of benzene rings is 1. The van der Waals surface area contributed by atoms with Gasteiger partial charge in [-0.2, -0.15) is 11.3 Å². The first-order valence-electron chi connectivity index (χ1n) is 7.96. The van der Waals surface area contributed by atoms with Crippen molar-refractivity contribution >= 4 is 41.3 Å². The Morgan fingerprint density at radius 1 is 1.24 bits per heavy atom. The fourth-order valence-electron chi connectivity index (χ4n) is 2.17. The average Bonchev–Trinajstić information content (AvgIpc) is 3.16. The van der Waals surface area contributed by atoms with Gasteiger partial charge in [0.1, 0.15) is 18.1 Å². The van der Waals surface area contributed by atoms with Gasteiger partial charge in [0.25, 0.3) is 0 Å². The van der Waals surface area contributed by atoms with Crippen LogP contribution >= 0.6 is 35.3 Å². The SMILES string of the molecule is CN=C(NCCOc1cccc(OC)c1)NCC(C)c1ccsc1.I. The Morgan fingerprint density at radius 3 is 2.72 bits per heavy atom. The number of methoxy groups -OCH3 is 1. The minimum Gasteiger partial charge on any atom is -0.497 e. The molecule has 25 heavy (non-hydrogen) atoms. The van der Waals surface area contributed by atoms with E-state index in [4.69, 9.17) is 9.47 Å². The Kier molecular flexibility index (Phi) is 10.3. The van der Waals surface area contributed by atoms with E-state index < -0.39 is 0 Å². The van der Waals surface area contributed by atoms with Crippen LogP contribution < -0.4 is 20.1 Å². The summed E-state index contributed by atoms with van der Waals surface area (Å²) in [7, 11) is 3.42. The number of nitrogens with one attached hydrogen (secondary N) is 2. The second-order valence-corrected chi connectivity index (χ2v) is 6.15. The molecule has 0 amide bonds. The zero-order chi connectivity index (χ0) is 17.2. The molecule has 2 aromatic rings. The molecule has 2 N–H and O–H groups in total. The third-order valence-corrected chi connectivity index (χ3v) is 4.32. The largest absolute Gasteiger partial charge is 0.497 e. The molecule has 0 fully saturated rings. The Morgan fingerprint density at radius 2 is 2.04 bits per heavy atom. The highest BCUT2D eigenvalue weighted by atomic mass is 127. The van der Waals surface area contributed by atoms with Crippen molar-refractivity contribution in [1.82, 2.24) is 10.6 Å². The van der Waals surface area contributed by atoms with Crippen molar-refractivity contribution in [3.8, 4) is 11.5 Å². The fourth-order valence-corrected chi connectivity index (χ4v) is 2.96. The van der Waals surface area contributed by atoms with Crippen molar-refractivity contribution in [1.29, 1.82) is 0 Å². The highest BCUT2D eigenvalue weighted by Crippen LogP contribution is 2.18. The maximum atomic E-state index is 5.70. The molecule has 0 saturated carbocycles. The van der Waals surface area contributed by atoms with E-state index in [1.807, 2.05) is 24.3 Å². The predicted molar refractivity (Wildman–Crippen MR) is 116 cm³/mol. The summed E-state index contributed by atoms with van der Waals surface area (Å²) in [5.74, 6) is 2.82. The third kappa shape index (κ3) is 7.52. The quantitative estimate of drug-likeness (QED) is 0.265. The number of nitrogens with zero attached hydrogens (tertiary/aromatic N) is 1. The van der Waals surface area contributed by atoms with Crippen LogP contribution in [0.1, 0.15) is 18.4 Å². The van der Waals surface area contributed by atoms with E-state index in [1.54, 1.807) is 25.5 Å². The van der Waals surface area contributed by atoms with Crippen LogP contribution in [-0.4, -0.2) is 39.8 Å². The van der Waals surface area contributed by atoms with Gasteiger partial charge in [0.2, 0.25) is 0 Å². The predicted octanol–water partition coefficient (Wildman–Crippen LogP) is 3.72. The third-order valence-electron chi connectivity index (χ3n) is 3.62. The molecule has 0 aliphatic heterocycles. The van der Waals surface area contributed by atoms with Gasteiger partial charge in [-0.05, 0) is 40.4 Å². The summed E-state index contributed by atoms with van der Waals surface area (Å²) >= 11 is 1.73. The Balaban J connectivity index is 0.00000312. The van der Waals surface area contributed by atoms with Gasteiger partial charge in [0.05, 0.1) is 13.7 Å². The van der Waals surface area contributed by atoms with E-state index in [0.717, 1.165) is 24.0 Å². The number of thiophene rings is 1. The van der Waals surface area contributed by atoms with Gasteiger partial charge in [-0.3, -0.25) is 4.99 Å². The van der Waals surface area contributed by atoms with Gasteiger partial charge in [-0.1, -0.05) is 13.0 Å². The van der Waals surface area contributed by atoms with E-state index in [-0.39, 0.29) is 24.0 Å². The molecule has 0 aliphatic rings. The van der Waals surface area contributed by atoms with E-state index in [9.17, 15) is 0 Å². The summed E-state index contributed by atoms with van der Waals surface area (Å²) in [6.07, 6.45) is 0. The van der Waals surface area contributed by atoms with Crippen molar-refractivity contribution in [2.75, 3.05) is 33.9 Å². The van der Waals surface area contributed by atoms with Gasteiger partial charge in [-0.15, -0.1) is 24.0 Å². The van der Waals surface area contributed by atoms with Crippen molar-refractivity contribution in [2.24, 2.45) is 4.99 Å². The molecule has 0 spiro atoms. The highest BCUT2D eigenvalue weighted by molar-refractivity contribution is 14.0. The van der Waals surface area contributed by atoms with E-state index in [2.05, 4.69) is 39.4 Å². The van der Waals surface area contributed by atoms with E-state index >= 15 is 0 Å². The average molecular weight is 475 g/mol. The number of rotatable bonds is 8. The Labute approximate surface area is 170 Å². The number of hydrogen-bond donors (Lipinski definition) is 2. The standard InChI is InChI=1S/C18H25N3O2S.HI/c1-14(15-7-10-24-13-15)12-21-18(19-2)20-8-9-23-17-6-4-5-16(11-17)22-3;/h4-7,10-11,13-14H,8-9,12H2,1-3H3,(H2,19,20,21);1H. The van der Waals surface area contributed by atoms with Crippen LogP contribution in [0.2, 0.25) is 0 Å². The summed E-state index contributed by atoms with van der Waals surface area (Å²) in [5, 5.41) is 10.9. The first kappa shape index (κ1) is 21.6. The van der Waals surface area contributed by atoms with Crippen LogP contribution in [0.25, 0.3) is 0 Å². The second kappa shape index (κ2) is 12.0. The molecule has 1 unspecified atom stereocenters. The van der Waals surface area contributed by atoms with Crippen molar-refractivity contribution in [2.45, 2.75) is 12.8 Å². The lowest BCUT2D eigenvalue weighted by Gasteiger charge is -2.15. The van der Waals surface area contributed by atoms with Crippen LogP contribution in [0.3, 0.4) is 0 Å². The molecule has 1 aromatic heterocycles. The van der Waals surface area contributed by atoms with Crippen molar-refractivity contribution in [3.63, 3.8) is 0 Å². The lowest BCUT2D eigenvalue weighted by molar-refractivity contribution is 0.319. The lowest BCUT2D eigenvalue weighted by Crippen LogP contribution is -2.40. The molecule has 2 rings (SSSR count). The monoisotopic (exact) mass is 475 g/mol. The number of guanidine groups is 1. The lowest BCUT2D eigenvalue weighted by atomic mass is 10.1. The number of hydrogen-bond acceptors (Lipinski definition) is 4. The van der Waals surface area contributed by atoms with Crippen LogP contribution in [-0.2, 0) is 0 Å². The van der Waals surface area contributed by atoms with E-state index in [0.29, 0.717) is 19.1 Å². The minimum absolute atomic E-state index is 0. The van der Waals surface area contributed by atoms with Crippen LogP contribution in [0.5, 0.6) is 11.5 Å². The molecule has 0 saturated heterocycles. The molecule has 5 nitrogen and oxygen atoms in total. The molecule has 1 heterocycles. The smallest absolute Gasteiger partial charge is 0.191 e. The normalized spacial score (nSPS) is 12.0. The fraction of sp³-hybridized carbons (Fsp3) is 0.389. The molecule has 0 aliphatic carbocycles. The molecule has 138 valence electrons. The molecular formula is C18H26IN3O2S. The first-order chi connectivity index (χ1) is 11.7. The topological polar surface area (TPSA) is 54.9 Å². The van der Waals surface area contributed by atoms with Gasteiger partial charge in [0.15, 0.2) is 5.96 Å².